The smallest absolute Gasteiger partial charge is 0.126 e. The minimum absolute atomic E-state index is 0.00262. The number of hydrogen-bond donors (Lipinski definition) is 0. The molecule has 0 fully saturated rings. The van der Waals surface area contributed by atoms with Crippen molar-refractivity contribution in [2.45, 2.75) is 132 Å². The molecular formula is C29H49O. The molecule has 0 spiro atoms. The van der Waals surface area contributed by atoms with Gasteiger partial charge in [0.1, 0.15) is 11.4 Å². The molecule has 1 nitrogen and oxygen atoms in total. The number of ether oxygens (including phenoxy) is 1. The molecule has 1 aromatic rings. The Bertz CT molecular complexity index is 659. The summed E-state index contributed by atoms with van der Waals surface area (Å²) in [7, 11) is 0. The molecule has 0 amide bonds. The van der Waals surface area contributed by atoms with Crippen LogP contribution in [0.25, 0.3) is 0 Å². The summed E-state index contributed by atoms with van der Waals surface area (Å²) in [5, 5.41) is 0. The fourth-order valence-electron chi connectivity index (χ4n) is 5.12. The summed E-state index contributed by atoms with van der Waals surface area (Å²) < 4.78 is 6.64. The van der Waals surface area contributed by atoms with Gasteiger partial charge in [0.05, 0.1) is 0 Å². The first-order valence-corrected chi connectivity index (χ1v) is 12.8. The summed E-state index contributed by atoms with van der Waals surface area (Å²) in [6.45, 7) is 18.5. The zero-order chi connectivity index (χ0) is 22.3. The highest BCUT2D eigenvalue weighted by atomic mass is 16.5. The molecule has 1 aliphatic rings. The van der Waals surface area contributed by atoms with E-state index in [1.807, 2.05) is 0 Å². The Kier molecular flexibility index (Phi) is 9.76. The third-order valence-electron chi connectivity index (χ3n) is 7.53. The molecule has 1 heterocycles. The zero-order valence-electron chi connectivity index (χ0n) is 21.4. The third kappa shape index (κ3) is 7.61. The molecule has 0 aliphatic carbocycles. The molecule has 171 valence electrons. The molecule has 0 saturated carbocycles. The lowest BCUT2D eigenvalue weighted by Crippen LogP contribution is -2.37. The van der Waals surface area contributed by atoms with Crippen molar-refractivity contribution in [2.24, 2.45) is 17.8 Å². The molecule has 1 aliphatic heterocycles. The largest absolute Gasteiger partial charge is 0.487 e. The number of benzene rings is 1. The molecule has 2 rings (SSSR count). The lowest BCUT2D eigenvalue weighted by Gasteiger charge is -2.38. The van der Waals surface area contributed by atoms with E-state index in [2.05, 4.69) is 61.5 Å². The summed E-state index contributed by atoms with van der Waals surface area (Å²) in [4.78, 5) is 0. The second-order valence-corrected chi connectivity index (χ2v) is 11.2. The van der Waals surface area contributed by atoms with E-state index in [-0.39, 0.29) is 5.60 Å². The van der Waals surface area contributed by atoms with Crippen molar-refractivity contribution in [3.8, 4) is 5.75 Å². The Labute approximate surface area is 188 Å². The maximum absolute atomic E-state index is 6.64. The highest BCUT2D eigenvalue weighted by molar-refractivity contribution is 5.50. The van der Waals surface area contributed by atoms with Crippen LogP contribution in [0.3, 0.4) is 0 Å². The Morgan fingerprint density at radius 3 is 2.00 bits per heavy atom. The van der Waals surface area contributed by atoms with Crippen LogP contribution in [-0.4, -0.2) is 5.60 Å². The first-order chi connectivity index (χ1) is 14.1. The van der Waals surface area contributed by atoms with Gasteiger partial charge >= 0.3 is 0 Å². The van der Waals surface area contributed by atoms with Crippen LogP contribution in [0.1, 0.15) is 121 Å². The van der Waals surface area contributed by atoms with E-state index < -0.39 is 0 Å². The second-order valence-electron chi connectivity index (χ2n) is 11.2. The summed E-state index contributed by atoms with van der Waals surface area (Å²) >= 11 is 0. The van der Waals surface area contributed by atoms with Gasteiger partial charge in [-0.1, -0.05) is 72.6 Å². The topological polar surface area (TPSA) is 9.23 Å². The molecule has 0 bridgehead atoms. The van der Waals surface area contributed by atoms with Crippen molar-refractivity contribution in [3.63, 3.8) is 0 Å². The molecule has 1 aromatic carbocycles. The summed E-state index contributed by atoms with van der Waals surface area (Å²) in [6.07, 6.45) is 14.5. The fraction of sp³-hybridized carbons (Fsp3) is 0.793. The number of aryl methyl sites for hydroxylation is 2. The van der Waals surface area contributed by atoms with Gasteiger partial charge in [-0.3, -0.25) is 0 Å². The SMILES string of the molecule is Cc1[c]c(C)c2c(c1C)OC(C)(CCC[C@@H](C)CCC[C@H](C)CCCC(C)C)CC2. The highest BCUT2D eigenvalue weighted by Gasteiger charge is 2.33. The normalized spacial score (nSPS) is 20.7. The van der Waals surface area contributed by atoms with Gasteiger partial charge in [-0.25, -0.2) is 0 Å². The van der Waals surface area contributed by atoms with E-state index in [1.54, 1.807) is 0 Å². The maximum Gasteiger partial charge on any atom is 0.126 e. The first kappa shape index (κ1) is 25.3. The second kappa shape index (κ2) is 11.6. The van der Waals surface area contributed by atoms with Crippen LogP contribution in [0.5, 0.6) is 5.75 Å². The van der Waals surface area contributed by atoms with E-state index >= 15 is 0 Å². The Hall–Kier alpha value is -0.980. The van der Waals surface area contributed by atoms with Gasteiger partial charge in [-0.05, 0) is 99.5 Å². The predicted octanol–water partition coefficient (Wildman–Crippen LogP) is 8.93. The van der Waals surface area contributed by atoms with Gasteiger partial charge in [-0.15, -0.1) is 0 Å². The van der Waals surface area contributed by atoms with E-state index in [0.717, 1.165) is 36.3 Å². The maximum atomic E-state index is 6.64. The number of hydrogen-bond acceptors (Lipinski definition) is 1. The van der Waals surface area contributed by atoms with Gasteiger partial charge in [0.15, 0.2) is 0 Å². The summed E-state index contributed by atoms with van der Waals surface area (Å²) in [5.74, 6) is 3.76. The summed E-state index contributed by atoms with van der Waals surface area (Å²) in [6, 6.07) is 3.52. The minimum atomic E-state index is 0.00262. The van der Waals surface area contributed by atoms with E-state index in [1.165, 1.54) is 80.0 Å². The zero-order valence-corrected chi connectivity index (χ0v) is 21.4. The van der Waals surface area contributed by atoms with E-state index in [4.69, 9.17) is 4.74 Å². The van der Waals surface area contributed by atoms with Crippen molar-refractivity contribution < 1.29 is 4.74 Å². The Morgan fingerprint density at radius 1 is 0.833 bits per heavy atom. The molecule has 0 saturated heterocycles. The summed E-state index contributed by atoms with van der Waals surface area (Å²) in [5.41, 5.74) is 5.21. The molecule has 0 N–H and O–H groups in total. The quantitative estimate of drug-likeness (QED) is 0.332. The number of rotatable bonds is 12. The monoisotopic (exact) mass is 413 g/mol. The lowest BCUT2D eigenvalue weighted by molar-refractivity contribution is 0.0513. The molecule has 1 heteroatoms. The average Bonchev–Trinajstić information content (AvgIpc) is 2.65. The Morgan fingerprint density at radius 2 is 1.40 bits per heavy atom. The van der Waals surface area contributed by atoms with Gasteiger partial charge in [0.2, 0.25) is 0 Å². The van der Waals surface area contributed by atoms with Crippen LogP contribution in [0.2, 0.25) is 0 Å². The average molecular weight is 414 g/mol. The molecule has 1 radical (unpaired) electrons. The van der Waals surface area contributed by atoms with Crippen LogP contribution < -0.4 is 4.74 Å². The fourth-order valence-corrected chi connectivity index (χ4v) is 5.12. The molecule has 1 unspecified atom stereocenters. The predicted molar refractivity (Wildman–Crippen MR) is 132 cm³/mol. The standard InChI is InChI=1S/C29H49O/c1-21(2)12-9-13-22(3)14-10-15-23(4)16-11-18-29(8)19-17-27-25(6)20-24(5)26(7)28(27)30-29/h21-23H,9-19H2,1-8H3/t22-,23+,29?/m1/s1. The van der Waals surface area contributed by atoms with E-state index in [0.29, 0.717) is 0 Å². The van der Waals surface area contributed by atoms with Crippen molar-refractivity contribution in [1.82, 2.24) is 0 Å². The van der Waals surface area contributed by atoms with Crippen LogP contribution in [0.4, 0.5) is 0 Å². The van der Waals surface area contributed by atoms with Crippen LogP contribution in [0, 0.1) is 44.6 Å². The van der Waals surface area contributed by atoms with Gasteiger partial charge in [0.25, 0.3) is 0 Å². The molecule has 30 heavy (non-hydrogen) atoms. The molecular weight excluding hydrogens is 364 g/mol. The van der Waals surface area contributed by atoms with Crippen molar-refractivity contribution in [3.05, 3.63) is 28.3 Å². The van der Waals surface area contributed by atoms with Crippen molar-refractivity contribution in [1.29, 1.82) is 0 Å². The first-order valence-electron chi connectivity index (χ1n) is 12.8. The van der Waals surface area contributed by atoms with Crippen LogP contribution >= 0.6 is 0 Å². The lowest BCUT2D eigenvalue weighted by atomic mass is 9.84. The van der Waals surface area contributed by atoms with Crippen LogP contribution in [-0.2, 0) is 6.42 Å². The number of fused-ring (bicyclic) bond motifs is 1. The van der Waals surface area contributed by atoms with Crippen molar-refractivity contribution in [2.75, 3.05) is 0 Å². The van der Waals surface area contributed by atoms with Gasteiger partial charge in [0, 0.05) is 0 Å². The molecule has 0 aromatic heterocycles. The minimum Gasteiger partial charge on any atom is -0.487 e. The van der Waals surface area contributed by atoms with Crippen molar-refractivity contribution >= 4 is 0 Å². The third-order valence-corrected chi connectivity index (χ3v) is 7.53. The van der Waals surface area contributed by atoms with Gasteiger partial charge < -0.3 is 4.74 Å². The Balaban J connectivity index is 1.70. The van der Waals surface area contributed by atoms with E-state index in [9.17, 15) is 0 Å². The molecule has 3 atom stereocenters. The van der Waals surface area contributed by atoms with Gasteiger partial charge in [-0.2, -0.15) is 0 Å². The van der Waals surface area contributed by atoms with Crippen LogP contribution in [0.15, 0.2) is 0 Å². The highest BCUT2D eigenvalue weighted by Crippen LogP contribution is 2.40.